The summed E-state index contributed by atoms with van der Waals surface area (Å²) in [6.07, 6.45) is 6.52. The lowest BCUT2D eigenvalue weighted by Crippen LogP contribution is -2.32. The topological polar surface area (TPSA) is 33.0 Å². The Morgan fingerprint density at radius 1 is 1.19 bits per heavy atom. The SMILES string of the molecule is Cc1ccc(NC(=O)CCCC[n+]2ccccc2)c(Br)c1. The van der Waals surface area contributed by atoms with Gasteiger partial charge in [0.15, 0.2) is 12.4 Å². The normalized spacial score (nSPS) is 10.4. The van der Waals surface area contributed by atoms with E-state index in [0.29, 0.717) is 6.42 Å². The molecule has 0 saturated heterocycles. The summed E-state index contributed by atoms with van der Waals surface area (Å²) in [5, 5.41) is 2.94. The van der Waals surface area contributed by atoms with Crippen molar-refractivity contribution in [3.05, 3.63) is 58.8 Å². The second-order valence-electron chi connectivity index (χ2n) is 5.10. The zero-order chi connectivity index (χ0) is 15.1. The number of nitrogens with zero attached hydrogens (tertiary/aromatic N) is 1. The average Bonchev–Trinajstić information content (AvgIpc) is 2.48. The van der Waals surface area contributed by atoms with Gasteiger partial charge in [0.1, 0.15) is 6.54 Å². The molecule has 0 fully saturated rings. The fourth-order valence-electron chi connectivity index (χ4n) is 2.10. The van der Waals surface area contributed by atoms with Crippen molar-refractivity contribution in [1.29, 1.82) is 0 Å². The highest BCUT2D eigenvalue weighted by atomic mass is 79.9. The Morgan fingerprint density at radius 2 is 1.95 bits per heavy atom. The Bertz CT molecular complexity index is 599. The molecule has 1 aromatic carbocycles. The van der Waals surface area contributed by atoms with Gasteiger partial charge in [-0.25, -0.2) is 4.57 Å². The predicted octanol–water partition coefficient (Wildman–Crippen LogP) is 3.85. The van der Waals surface area contributed by atoms with Gasteiger partial charge in [0.2, 0.25) is 5.91 Å². The number of rotatable bonds is 6. The summed E-state index contributed by atoms with van der Waals surface area (Å²) in [6, 6.07) is 12.0. The number of hydrogen-bond donors (Lipinski definition) is 1. The summed E-state index contributed by atoms with van der Waals surface area (Å²) >= 11 is 3.47. The third kappa shape index (κ3) is 5.31. The summed E-state index contributed by atoms with van der Waals surface area (Å²) in [7, 11) is 0. The zero-order valence-corrected chi connectivity index (χ0v) is 13.8. The second-order valence-corrected chi connectivity index (χ2v) is 5.96. The Balaban J connectivity index is 1.72. The number of carbonyl (C=O) groups is 1. The lowest BCUT2D eigenvalue weighted by Gasteiger charge is -2.07. The first-order valence-corrected chi connectivity index (χ1v) is 7.94. The largest absolute Gasteiger partial charge is 0.325 e. The number of halogens is 1. The van der Waals surface area contributed by atoms with Crippen molar-refractivity contribution in [3.63, 3.8) is 0 Å². The van der Waals surface area contributed by atoms with Crippen LogP contribution in [0.15, 0.2) is 53.3 Å². The molecule has 1 N–H and O–H groups in total. The van der Waals surface area contributed by atoms with Crippen molar-refractivity contribution >= 4 is 27.5 Å². The van der Waals surface area contributed by atoms with Crippen LogP contribution in [0.4, 0.5) is 5.69 Å². The molecule has 0 atom stereocenters. The van der Waals surface area contributed by atoms with Crippen LogP contribution in [0.5, 0.6) is 0 Å². The molecule has 1 heterocycles. The van der Waals surface area contributed by atoms with E-state index >= 15 is 0 Å². The summed E-state index contributed by atoms with van der Waals surface area (Å²) in [4.78, 5) is 11.9. The molecule has 0 aliphatic carbocycles. The number of nitrogens with one attached hydrogen (secondary N) is 1. The van der Waals surface area contributed by atoms with Crippen molar-refractivity contribution in [1.82, 2.24) is 0 Å². The van der Waals surface area contributed by atoms with Crippen molar-refractivity contribution in [2.24, 2.45) is 0 Å². The molecule has 2 aromatic rings. The van der Waals surface area contributed by atoms with Gasteiger partial charge in [-0.2, -0.15) is 0 Å². The third-order valence-corrected chi connectivity index (χ3v) is 3.90. The monoisotopic (exact) mass is 347 g/mol. The first kappa shape index (κ1) is 15.7. The molecule has 1 aromatic heterocycles. The van der Waals surface area contributed by atoms with Crippen LogP contribution in [0.3, 0.4) is 0 Å². The lowest BCUT2D eigenvalue weighted by atomic mass is 10.2. The molecule has 0 spiro atoms. The third-order valence-electron chi connectivity index (χ3n) is 3.25. The highest BCUT2D eigenvalue weighted by Gasteiger charge is 2.06. The van der Waals surface area contributed by atoms with E-state index in [4.69, 9.17) is 0 Å². The molecule has 0 unspecified atom stereocenters. The number of unbranched alkanes of at least 4 members (excludes halogenated alkanes) is 1. The smallest absolute Gasteiger partial charge is 0.224 e. The number of pyridine rings is 1. The number of carbonyl (C=O) groups excluding carboxylic acids is 1. The van der Waals surface area contributed by atoms with Crippen molar-refractivity contribution in [2.75, 3.05) is 5.32 Å². The first-order chi connectivity index (χ1) is 10.1. The van der Waals surface area contributed by atoms with Gasteiger partial charge in [0.05, 0.1) is 5.69 Å². The van der Waals surface area contributed by atoms with Gasteiger partial charge in [-0.1, -0.05) is 12.1 Å². The maximum absolute atomic E-state index is 11.9. The molecular weight excluding hydrogens is 328 g/mol. The van der Waals surface area contributed by atoms with Crippen LogP contribution >= 0.6 is 15.9 Å². The summed E-state index contributed by atoms with van der Waals surface area (Å²) in [5.74, 6) is 0.0672. The summed E-state index contributed by atoms with van der Waals surface area (Å²) < 4.78 is 3.06. The van der Waals surface area contributed by atoms with E-state index in [1.54, 1.807) is 0 Å². The van der Waals surface area contributed by atoms with E-state index in [1.807, 2.05) is 55.7 Å². The molecule has 0 radical (unpaired) electrons. The van der Waals surface area contributed by atoms with Crippen LogP contribution in [0.2, 0.25) is 0 Å². The van der Waals surface area contributed by atoms with Gasteiger partial charge in [-0.3, -0.25) is 4.79 Å². The quantitative estimate of drug-likeness (QED) is 0.624. The van der Waals surface area contributed by atoms with Crippen LogP contribution in [-0.2, 0) is 11.3 Å². The van der Waals surface area contributed by atoms with E-state index in [-0.39, 0.29) is 5.91 Å². The van der Waals surface area contributed by atoms with Crippen molar-refractivity contribution < 1.29 is 9.36 Å². The molecule has 3 nitrogen and oxygen atoms in total. The lowest BCUT2D eigenvalue weighted by molar-refractivity contribution is -0.697. The van der Waals surface area contributed by atoms with Crippen molar-refractivity contribution in [3.8, 4) is 0 Å². The highest BCUT2D eigenvalue weighted by Crippen LogP contribution is 2.23. The van der Waals surface area contributed by atoms with Crippen LogP contribution in [0.25, 0.3) is 0 Å². The number of anilines is 1. The van der Waals surface area contributed by atoms with E-state index in [9.17, 15) is 4.79 Å². The van der Waals surface area contributed by atoms with Gasteiger partial charge in [-0.05, 0) is 47.0 Å². The van der Waals surface area contributed by atoms with E-state index in [0.717, 1.165) is 29.5 Å². The minimum absolute atomic E-state index is 0.0672. The van der Waals surface area contributed by atoms with Gasteiger partial charge in [-0.15, -0.1) is 0 Å². The number of aryl methyl sites for hydroxylation is 2. The van der Waals surface area contributed by atoms with Crippen LogP contribution in [-0.4, -0.2) is 5.91 Å². The molecule has 4 heteroatoms. The number of benzene rings is 1. The molecule has 0 aliphatic heterocycles. The number of amides is 1. The maximum atomic E-state index is 11.9. The van der Waals surface area contributed by atoms with Gasteiger partial charge in [0.25, 0.3) is 0 Å². The second kappa shape index (κ2) is 7.93. The average molecular weight is 348 g/mol. The minimum Gasteiger partial charge on any atom is -0.325 e. The van der Waals surface area contributed by atoms with Gasteiger partial charge in [0, 0.05) is 29.4 Å². The van der Waals surface area contributed by atoms with E-state index < -0.39 is 0 Å². The van der Waals surface area contributed by atoms with E-state index in [2.05, 4.69) is 25.8 Å². The highest BCUT2D eigenvalue weighted by molar-refractivity contribution is 9.10. The molecule has 21 heavy (non-hydrogen) atoms. The van der Waals surface area contributed by atoms with Crippen LogP contribution in [0.1, 0.15) is 24.8 Å². The molecule has 2 rings (SSSR count). The Hall–Kier alpha value is -1.68. The first-order valence-electron chi connectivity index (χ1n) is 7.15. The Morgan fingerprint density at radius 3 is 2.67 bits per heavy atom. The molecule has 110 valence electrons. The number of aromatic nitrogens is 1. The molecule has 0 bridgehead atoms. The zero-order valence-electron chi connectivity index (χ0n) is 12.2. The molecule has 1 amide bonds. The van der Waals surface area contributed by atoms with Crippen LogP contribution in [0, 0.1) is 6.92 Å². The Labute approximate surface area is 134 Å². The minimum atomic E-state index is 0.0672. The Kier molecular flexibility index (Phi) is 5.93. The van der Waals surface area contributed by atoms with E-state index in [1.165, 1.54) is 5.56 Å². The van der Waals surface area contributed by atoms with Gasteiger partial charge < -0.3 is 5.32 Å². The predicted molar refractivity (Wildman–Crippen MR) is 88.0 cm³/mol. The molecular formula is C17H20BrN2O+. The fraction of sp³-hybridized carbons (Fsp3) is 0.294. The molecule has 0 aliphatic rings. The van der Waals surface area contributed by atoms with Crippen molar-refractivity contribution in [2.45, 2.75) is 32.7 Å². The molecule has 0 saturated carbocycles. The summed E-state index contributed by atoms with van der Waals surface area (Å²) in [5.41, 5.74) is 2.00. The standard InChI is InChI=1S/C17H19BrN2O/c1-14-8-9-16(15(18)13-14)19-17(21)7-3-6-12-20-10-4-2-5-11-20/h2,4-5,8-11,13H,3,6-7,12H2,1H3/p+1. The van der Waals surface area contributed by atoms with Crippen LogP contribution < -0.4 is 9.88 Å². The fourth-order valence-corrected chi connectivity index (χ4v) is 2.69. The number of hydrogen-bond acceptors (Lipinski definition) is 1. The maximum Gasteiger partial charge on any atom is 0.224 e. The van der Waals surface area contributed by atoms with Gasteiger partial charge >= 0.3 is 0 Å². The summed E-state index contributed by atoms with van der Waals surface area (Å²) in [6.45, 7) is 2.97.